The van der Waals surface area contributed by atoms with Crippen molar-refractivity contribution >= 4 is 11.6 Å². The molecule has 1 atom stereocenters. The highest BCUT2D eigenvalue weighted by Gasteiger charge is 2.23. The summed E-state index contributed by atoms with van der Waals surface area (Å²) in [7, 11) is 2.18. The maximum absolute atomic E-state index is 6.21. The summed E-state index contributed by atoms with van der Waals surface area (Å²) in [6.07, 6.45) is 3.58. The van der Waals surface area contributed by atoms with Crippen molar-refractivity contribution in [2.24, 2.45) is 0 Å². The standard InChI is InChI=1S/C16H26ClN3O/c1-11-13(17)18-15(16(2,3)4)19-14(11)21-10-8-12-7-6-9-20(12)5/h12H,6-10H2,1-5H3. The number of aromatic nitrogens is 2. The Hall–Kier alpha value is -0.870. The predicted octanol–water partition coefficient (Wildman–Crippen LogP) is 3.60. The second-order valence-corrected chi connectivity index (χ2v) is 7.29. The van der Waals surface area contributed by atoms with Crippen LogP contribution in [-0.4, -0.2) is 41.1 Å². The van der Waals surface area contributed by atoms with Crippen LogP contribution in [0.15, 0.2) is 0 Å². The topological polar surface area (TPSA) is 38.3 Å². The van der Waals surface area contributed by atoms with Gasteiger partial charge in [-0.25, -0.2) is 4.98 Å². The molecule has 21 heavy (non-hydrogen) atoms. The normalized spacial score (nSPS) is 20.0. The van der Waals surface area contributed by atoms with Gasteiger partial charge in [0.2, 0.25) is 5.88 Å². The summed E-state index contributed by atoms with van der Waals surface area (Å²) in [5, 5.41) is 0.489. The van der Waals surface area contributed by atoms with E-state index >= 15 is 0 Å². The Morgan fingerprint density at radius 3 is 2.62 bits per heavy atom. The fourth-order valence-corrected chi connectivity index (χ4v) is 2.74. The molecule has 1 saturated heterocycles. The van der Waals surface area contributed by atoms with Crippen molar-refractivity contribution in [1.82, 2.24) is 14.9 Å². The molecule has 0 radical (unpaired) electrons. The van der Waals surface area contributed by atoms with Crippen molar-refractivity contribution in [1.29, 1.82) is 0 Å². The molecular weight excluding hydrogens is 286 g/mol. The number of halogens is 1. The minimum absolute atomic E-state index is 0.138. The van der Waals surface area contributed by atoms with Gasteiger partial charge in [0, 0.05) is 17.0 Å². The van der Waals surface area contributed by atoms with Crippen LogP contribution >= 0.6 is 11.6 Å². The molecule has 1 unspecified atom stereocenters. The Bertz CT molecular complexity index is 499. The van der Waals surface area contributed by atoms with E-state index in [4.69, 9.17) is 16.3 Å². The average molecular weight is 312 g/mol. The van der Waals surface area contributed by atoms with Crippen LogP contribution in [-0.2, 0) is 5.41 Å². The van der Waals surface area contributed by atoms with Gasteiger partial charge in [-0.1, -0.05) is 32.4 Å². The molecular formula is C16H26ClN3O. The van der Waals surface area contributed by atoms with Crippen LogP contribution in [0.5, 0.6) is 5.88 Å². The van der Waals surface area contributed by atoms with Gasteiger partial charge < -0.3 is 9.64 Å². The highest BCUT2D eigenvalue weighted by molar-refractivity contribution is 6.30. The fraction of sp³-hybridized carbons (Fsp3) is 0.750. The molecule has 1 aliphatic rings. The van der Waals surface area contributed by atoms with Gasteiger partial charge in [-0.2, -0.15) is 4.98 Å². The van der Waals surface area contributed by atoms with E-state index in [-0.39, 0.29) is 5.41 Å². The van der Waals surface area contributed by atoms with Crippen LogP contribution in [0.3, 0.4) is 0 Å². The van der Waals surface area contributed by atoms with Crippen molar-refractivity contribution in [3.05, 3.63) is 16.5 Å². The summed E-state index contributed by atoms with van der Waals surface area (Å²) < 4.78 is 5.90. The summed E-state index contributed by atoms with van der Waals surface area (Å²) in [5.74, 6) is 1.35. The third kappa shape index (κ3) is 4.07. The quantitative estimate of drug-likeness (QED) is 0.796. The minimum Gasteiger partial charge on any atom is -0.477 e. The van der Waals surface area contributed by atoms with Crippen LogP contribution in [0.2, 0.25) is 5.15 Å². The molecule has 0 bridgehead atoms. The van der Waals surface area contributed by atoms with E-state index in [0.717, 1.165) is 17.8 Å². The van der Waals surface area contributed by atoms with E-state index in [0.29, 0.717) is 23.7 Å². The van der Waals surface area contributed by atoms with Gasteiger partial charge in [0.1, 0.15) is 11.0 Å². The van der Waals surface area contributed by atoms with E-state index in [1.807, 2.05) is 6.92 Å². The van der Waals surface area contributed by atoms with E-state index in [1.54, 1.807) is 0 Å². The Balaban J connectivity index is 2.03. The average Bonchev–Trinajstić information content (AvgIpc) is 2.79. The van der Waals surface area contributed by atoms with Crippen LogP contribution in [0.25, 0.3) is 0 Å². The van der Waals surface area contributed by atoms with Gasteiger partial charge >= 0.3 is 0 Å². The Labute approximate surface area is 132 Å². The molecule has 2 heterocycles. The maximum Gasteiger partial charge on any atom is 0.221 e. The molecule has 1 fully saturated rings. The van der Waals surface area contributed by atoms with Crippen LogP contribution in [0, 0.1) is 6.92 Å². The molecule has 0 saturated carbocycles. The zero-order valence-electron chi connectivity index (χ0n) is 13.7. The number of likely N-dealkylation sites (tertiary alicyclic amines) is 1. The molecule has 2 rings (SSSR count). The number of ether oxygens (including phenoxy) is 1. The summed E-state index contributed by atoms with van der Waals surface area (Å²) in [6.45, 7) is 10.00. The molecule has 0 amide bonds. The number of hydrogen-bond acceptors (Lipinski definition) is 4. The Morgan fingerprint density at radius 1 is 1.33 bits per heavy atom. The van der Waals surface area contributed by atoms with Gasteiger partial charge in [0.15, 0.2) is 0 Å². The largest absolute Gasteiger partial charge is 0.477 e. The van der Waals surface area contributed by atoms with Gasteiger partial charge in [-0.3, -0.25) is 0 Å². The van der Waals surface area contributed by atoms with Crippen molar-refractivity contribution < 1.29 is 4.74 Å². The van der Waals surface area contributed by atoms with E-state index in [1.165, 1.54) is 19.4 Å². The Morgan fingerprint density at radius 2 is 2.05 bits per heavy atom. The lowest BCUT2D eigenvalue weighted by Gasteiger charge is -2.21. The first-order valence-corrected chi connectivity index (χ1v) is 8.04. The van der Waals surface area contributed by atoms with Gasteiger partial charge in [-0.15, -0.1) is 0 Å². The van der Waals surface area contributed by atoms with Gasteiger partial charge in [-0.05, 0) is 39.8 Å². The lowest BCUT2D eigenvalue weighted by molar-refractivity contribution is 0.226. The molecule has 0 aromatic carbocycles. The zero-order chi connectivity index (χ0) is 15.6. The molecule has 1 aliphatic heterocycles. The number of nitrogens with zero attached hydrogens (tertiary/aromatic N) is 3. The molecule has 1 aromatic heterocycles. The molecule has 118 valence electrons. The molecule has 0 aliphatic carbocycles. The molecule has 1 aromatic rings. The third-order valence-corrected chi connectivity index (χ3v) is 4.44. The van der Waals surface area contributed by atoms with Crippen molar-refractivity contribution in [2.75, 3.05) is 20.2 Å². The number of hydrogen-bond donors (Lipinski definition) is 0. The maximum atomic E-state index is 6.21. The summed E-state index contributed by atoms with van der Waals surface area (Å²) in [6, 6.07) is 0.629. The van der Waals surface area contributed by atoms with E-state index < -0.39 is 0 Å². The molecule has 0 N–H and O–H groups in total. The summed E-state index contributed by atoms with van der Waals surface area (Å²) in [4.78, 5) is 11.3. The minimum atomic E-state index is -0.138. The SMILES string of the molecule is Cc1c(Cl)nc(C(C)(C)C)nc1OCCC1CCCN1C. The fourth-order valence-electron chi connectivity index (χ4n) is 2.58. The monoisotopic (exact) mass is 311 g/mol. The molecule has 4 nitrogen and oxygen atoms in total. The smallest absolute Gasteiger partial charge is 0.221 e. The Kier molecular flexibility index (Phi) is 5.10. The van der Waals surface area contributed by atoms with Crippen molar-refractivity contribution in [3.63, 3.8) is 0 Å². The first-order chi connectivity index (χ1) is 9.79. The van der Waals surface area contributed by atoms with Crippen LogP contribution in [0.1, 0.15) is 51.4 Å². The zero-order valence-corrected chi connectivity index (χ0v) is 14.5. The first kappa shape index (κ1) is 16.5. The van der Waals surface area contributed by atoms with Gasteiger partial charge in [0.25, 0.3) is 0 Å². The lowest BCUT2D eigenvalue weighted by Crippen LogP contribution is -2.26. The van der Waals surface area contributed by atoms with Crippen LogP contribution < -0.4 is 4.74 Å². The first-order valence-electron chi connectivity index (χ1n) is 7.66. The van der Waals surface area contributed by atoms with Crippen molar-refractivity contribution in [2.45, 2.75) is 58.4 Å². The predicted molar refractivity (Wildman–Crippen MR) is 86.2 cm³/mol. The van der Waals surface area contributed by atoms with Crippen LogP contribution in [0.4, 0.5) is 0 Å². The summed E-state index contributed by atoms with van der Waals surface area (Å²) in [5.41, 5.74) is 0.686. The van der Waals surface area contributed by atoms with Gasteiger partial charge in [0.05, 0.1) is 6.61 Å². The third-order valence-electron chi connectivity index (χ3n) is 4.07. The highest BCUT2D eigenvalue weighted by atomic mass is 35.5. The van der Waals surface area contributed by atoms with E-state index in [9.17, 15) is 0 Å². The lowest BCUT2D eigenvalue weighted by atomic mass is 9.96. The second-order valence-electron chi connectivity index (χ2n) is 6.93. The molecule has 0 spiro atoms. The highest BCUT2D eigenvalue weighted by Crippen LogP contribution is 2.27. The number of rotatable bonds is 4. The summed E-state index contributed by atoms with van der Waals surface area (Å²) >= 11 is 6.21. The molecule has 5 heteroatoms. The second kappa shape index (κ2) is 6.49. The van der Waals surface area contributed by atoms with Crippen molar-refractivity contribution in [3.8, 4) is 5.88 Å². The van der Waals surface area contributed by atoms with E-state index in [2.05, 4.69) is 42.7 Å².